The van der Waals surface area contributed by atoms with E-state index in [2.05, 4.69) is 48.2 Å². The molecule has 0 spiro atoms. The van der Waals surface area contributed by atoms with E-state index in [1.165, 1.54) is 24.8 Å². The molecule has 94 valence electrons. The predicted molar refractivity (Wildman–Crippen MR) is 74.6 cm³/mol. The highest BCUT2D eigenvalue weighted by Gasteiger charge is 2.01. The van der Waals surface area contributed by atoms with Crippen molar-refractivity contribution < 1.29 is 0 Å². The molecule has 0 aliphatic rings. The fourth-order valence-electron chi connectivity index (χ4n) is 1.74. The number of nitrogens with zero attached hydrogens (tertiary/aromatic N) is 1. The standard InChI is InChI=1S/C15H24N2/c1-3-5-9-13-17(12-4-2)16-14-15-10-7-6-8-11-15/h4,6-8,10-11,16H,2-3,5,9,12-14H2,1H3. The first-order valence-electron chi connectivity index (χ1n) is 6.50. The van der Waals surface area contributed by atoms with Gasteiger partial charge in [0.15, 0.2) is 0 Å². The van der Waals surface area contributed by atoms with Crippen molar-refractivity contribution in [2.75, 3.05) is 13.1 Å². The van der Waals surface area contributed by atoms with Crippen LogP contribution in [0.5, 0.6) is 0 Å². The molecule has 1 rings (SSSR count). The number of unbranched alkanes of at least 4 members (excludes halogenated alkanes) is 2. The summed E-state index contributed by atoms with van der Waals surface area (Å²) in [4.78, 5) is 0. The second-order valence-corrected chi connectivity index (χ2v) is 4.26. The Morgan fingerprint density at radius 2 is 2.00 bits per heavy atom. The molecule has 0 bridgehead atoms. The average Bonchev–Trinajstić information content (AvgIpc) is 2.37. The lowest BCUT2D eigenvalue weighted by Crippen LogP contribution is -2.38. The fraction of sp³-hybridized carbons (Fsp3) is 0.467. The van der Waals surface area contributed by atoms with E-state index in [-0.39, 0.29) is 0 Å². The Bertz CT molecular complexity index is 295. The highest BCUT2D eigenvalue weighted by atomic mass is 15.5. The van der Waals surface area contributed by atoms with E-state index in [0.717, 1.165) is 19.6 Å². The van der Waals surface area contributed by atoms with E-state index in [1.807, 2.05) is 12.1 Å². The largest absolute Gasteiger partial charge is 0.250 e. The highest BCUT2D eigenvalue weighted by Crippen LogP contribution is 2.00. The van der Waals surface area contributed by atoms with Crippen LogP contribution in [-0.2, 0) is 6.54 Å². The van der Waals surface area contributed by atoms with Gasteiger partial charge in [0.05, 0.1) is 0 Å². The molecule has 17 heavy (non-hydrogen) atoms. The molecule has 0 fully saturated rings. The molecule has 0 unspecified atom stereocenters. The maximum Gasteiger partial charge on any atom is 0.0353 e. The van der Waals surface area contributed by atoms with Crippen molar-refractivity contribution in [2.45, 2.75) is 32.7 Å². The molecule has 2 heteroatoms. The van der Waals surface area contributed by atoms with Crippen molar-refractivity contribution >= 4 is 0 Å². The summed E-state index contributed by atoms with van der Waals surface area (Å²) in [6.45, 7) is 8.91. The van der Waals surface area contributed by atoms with E-state index in [0.29, 0.717) is 0 Å². The van der Waals surface area contributed by atoms with Crippen LogP contribution < -0.4 is 5.43 Å². The molecule has 0 heterocycles. The molecule has 0 saturated heterocycles. The maximum atomic E-state index is 3.80. The number of hydrogen-bond donors (Lipinski definition) is 1. The van der Waals surface area contributed by atoms with Gasteiger partial charge in [-0.1, -0.05) is 56.2 Å². The van der Waals surface area contributed by atoms with Gasteiger partial charge >= 0.3 is 0 Å². The van der Waals surface area contributed by atoms with Gasteiger partial charge in [-0.25, -0.2) is 5.01 Å². The third-order valence-corrected chi connectivity index (χ3v) is 2.73. The lowest BCUT2D eigenvalue weighted by molar-refractivity contribution is 0.201. The monoisotopic (exact) mass is 232 g/mol. The van der Waals surface area contributed by atoms with E-state index in [4.69, 9.17) is 0 Å². The molecule has 0 aliphatic carbocycles. The minimum atomic E-state index is 0.890. The number of hydrazine groups is 1. The summed E-state index contributed by atoms with van der Waals surface area (Å²) >= 11 is 0. The number of hydrogen-bond acceptors (Lipinski definition) is 2. The molecule has 0 atom stereocenters. The Morgan fingerprint density at radius 3 is 2.65 bits per heavy atom. The smallest absolute Gasteiger partial charge is 0.0353 e. The molecule has 2 nitrogen and oxygen atoms in total. The molecule has 0 radical (unpaired) electrons. The molecule has 0 aromatic heterocycles. The van der Waals surface area contributed by atoms with Gasteiger partial charge < -0.3 is 0 Å². The van der Waals surface area contributed by atoms with Gasteiger partial charge in [-0.3, -0.25) is 5.43 Å². The Kier molecular flexibility index (Phi) is 7.35. The highest BCUT2D eigenvalue weighted by molar-refractivity contribution is 5.14. The van der Waals surface area contributed by atoms with E-state index < -0.39 is 0 Å². The van der Waals surface area contributed by atoms with Crippen LogP contribution in [-0.4, -0.2) is 18.1 Å². The number of nitrogens with one attached hydrogen (secondary N) is 1. The minimum absolute atomic E-state index is 0.890. The average molecular weight is 232 g/mol. The summed E-state index contributed by atoms with van der Waals surface area (Å²) in [5.74, 6) is 0. The normalized spacial score (nSPS) is 10.7. The van der Waals surface area contributed by atoms with Crippen LogP contribution in [0.4, 0.5) is 0 Å². The van der Waals surface area contributed by atoms with Crippen LogP contribution >= 0.6 is 0 Å². The van der Waals surface area contributed by atoms with E-state index in [1.54, 1.807) is 0 Å². The van der Waals surface area contributed by atoms with Crippen molar-refractivity contribution in [2.24, 2.45) is 0 Å². The second-order valence-electron chi connectivity index (χ2n) is 4.26. The topological polar surface area (TPSA) is 15.3 Å². The van der Waals surface area contributed by atoms with Crippen LogP contribution in [0, 0.1) is 0 Å². The van der Waals surface area contributed by atoms with Crippen molar-refractivity contribution in [3.05, 3.63) is 48.6 Å². The van der Waals surface area contributed by atoms with Gasteiger partial charge in [0.1, 0.15) is 0 Å². The summed E-state index contributed by atoms with van der Waals surface area (Å²) in [5, 5.41) is 2.25. The van der Waals surface area contributed by atoms with Crippen LogP contribution in [0.15, 0.2) is 43.0 Å². The molecule has 0 aliphatic heterocycles. The zero-order valence-electron chi connectivity index (χ0n) is 10.9. The molecule has 1 aromatic rings. The molecule has 0 saturated carbocycles. The maximum absolute atomic E-state index is 3.80. The van der Waals surface area contributed by atoms with Gasteiger partial charge in [0.2, 0.25) is 0 Å². The van der Waals surface area contributed by atoms with Crippen LogP contribution in [0.1, 0.15) is 31.7 Å². The zero-order valence-corrected chi connectivity index (χ0v) is 10.9. The Labute approximate surface area is 105 Å². The molecule has 1 N–H and O–H groups in total. The van der Waals surface area contributed by atoms with Crippen molar-refractivity contribution in [1.29, 1.82) is 0 Å². The molecular weight excluding hydrogens is 208 g/mol. The quantitative estimate of drug-likeness (QED) is 0.399. The third kappa shape index (κ3) is 6.25. The summed E-state index contributed by atoms with van der Waals surface area (Å²) in [6.07, 6.45) is 5.75. The summed E-state index contributed by atoms with van der Waals surface area (Å²) in [5.41, 5.74) is 4.77. The number of benzene rings is 1. The Morgan fingerprint density at radius 1 is 1.24 bits per heavy atom. The second kappa shape index (κ2) is 8.97. The first kappa shape index (κ1) is 13.9. The summed E-state index contributed by atoms with van der Waals surface area (Å²) in [7, 11) is 0. The Hall–Kier alpha value is -1.12. The fourth-order valence-corrected chi connectivity index (χ4v) is 1.74. The lowest BCUT2D eigenvalue weighted by atomic mass is 10.2. The Balaban J connectivity index is 2.30. The zero-order chi connectivity index (χ0) is 12.3. The SMILES string of the molecule is C=CCN(CCCCC)NCc1ccccc1. The third-order valence-electron chi connectivity index (χ3n) is 2.73. The predicted octanol–water partition coefficient (Wildman–Crippen LogP) is 3.37. The minimum Gasteiger partial charge on any atom is -0.250 e. The van der Waals surface area contributed by atoms with Gasteiger partial charge in [0.25, 0.3) is 0 Å². The summed E-state index contributed by atoms with van der Waals surface area (Å²) in [6, 6.07) is 10.5. The van der Waals surface area contributed by atoms with Gasteiger partial charge in [-0.2, -0.15) is 0 Å². The molecular formula is C15H24N2. The van der Waals surface area contributed by atoms with E-state index in [9.17, 15) is 0 Å². The van der Waals surface area contributed by atoms with Crippen LogP contribution in [0.25, 0.3) is 0 Å². The van der Waals surface area contributed by atoms with E-state index >= 15 is 0 Å². The van der Waals surface area contributed by atoms with Crippen molar-refractivity contribution in [3.8, 4) is 0 Å². The lowest BCUT2D eigenvalue weighted by Gasteiger charge is -2.21. The van der Waals surface area contributed by atoms with Gasteiger partial charge in [-0.05, 0) is 12.0 Å². The van der Waals surface area contributed by atoms with Crippen molar-refractivity contribution in [1.82, 2.24) is 10.4 Å². The first-order chi connectivity index (χ1) is 8.36. The first-order valence-corrected chi connectivity index (χ1v) is 6.50. The van der Waals surface area contributed by atoms with Crippen LogP contribution in [0.2, 0.25) is 0 Å². The van der Waals surface area contributed by atoms with Crippen LogP contribution in [0.3, 0.4) is 0 Å². The summed E-state index contributed by atoms with van der Waals surface area (Å²) < 4.78 is 0. The molecule has 0 amide bonds. The number of rotatable bonds is 9. The van der Waals surface area contributed by atoms with Crippen molar-refractivity contribution in [3.63, 3.8) is 0 Å². The van der Waals surface area contributed by atoms with Gasteiger partial charge in [-0.15, -0.1) is 6.58 Å². The van der Waals surface area contributed by atoms with Gasteiger partial charge in [0, 0.05) is 19.6 Å². The molecule has 1 aromatic carbocycles.